The Bertz CT molecular complexity index is 1430. The third-order valence-corrected chi connectivity index (χ3v) is 5.84. The van der Waals surface area contributed by atoms with Gasteiger partial charge in [-0.2, -0.15) is 0 Å². The summed E-state index contributed by atoms with van der Waals surface area (Å²) in [5.74, 6) is -1.85. The van der Waals surface area contributed by atoms with Gasteiger partial charge in [-0.1, -0.05) is 12.1 Å². The lowest BCUT2D eigenvalue weighted by atomic mass is 10.1. The smallest absolute Gasteiger partial charge is 0.339 e. The van der Waals surface area contributed by atoms with E-state index < -0.39 is 24.2 Å². The highest BCUT2D eigenvalue weighted by molar-refractivity contribution is 8.00. The van der Waals surface area contributed by atoms with E-state index in [9.17, 15) is 23.6 Å². The minimum absolute atomic E-state index is 0.00941. The first-order valence-electron chi connectivity index (χ1n) is 10.1. The molecule has 0 aliphatic rings. The number of anilines is 1. The molecule has 0 fully saturated rings. The van der Waals surface area contributed by atoms with Gasteiger partial charge in [0, 0.05) is 16.1 Å². The van der Waals surface area contributed by atoms with Crippen LogP contribution >= 0.6 is 11.8 Å². The van der Waals surface area contributed by atoms with Crippen molar-refractivity contribution in [1.82, 2.24) is 9.97 Å². The van der Waals surface area contributed by atoms with E-state index in [0.717, 1.165) is 11.8 Å². The quantitative estimate of drug-likeness (QED) is 0.201. The number of halogens is 1. The van der Waals surface area contributed by atoms with Crippen LogP contribution in [-0.4, -0.2) is 40.0 Å². The van der Waals surface area contributed by atoms with Crippen molar-refractivity contribution >= 4 is 46.1 Å². The summed E-state index contributed by atoms with van der Waals surface area (Å²) in [4.78, 5) is 54.3. The molecule has 34 heavy (non-hydrogen) atoms. The maximum atomic E-state index is 13.0. The second-order valence-corrected chi connectivity index (χ2v) is 8.20. The second-order valence-electron chi connectivity index (χ2n) is 7.18. The number of Topliss-reactive ketones (excluding diaryl/α,β-unsaturated/α-hetero) is 1. The minimum atomic E-state index is -0.702. The van der Waals surface area contributed by atoms with Crippen molar-refractivity contribution in [2.24, 2.45) is 0 Å². The molecule has 0 atom stereocenters. The Morgan fingerprint density at radius 2 is 1.68 bits per heavy atom. The summed E-state index contributed by atoms with van der Waals surface area (Å²) in [5, 5.41) is 2.65. The molecule has 4 rings (SSSR count). The normalized spacial score (nSPS) is 10.7. The predicted molar refractivity (Wildman–Crippen MR) is 126 cm³/mol. The lowest BCUT2D eigenvalue weighted by molar-refractivity contribution is -0.113. The first kappa shape index (κ1) is 23.0. The van der Waals surface area contributed by atoms with Crippen LogP contribution in [0, 0.1) is 5.82 Å². The van der Waals surface area contributed by atoms with Gasteiger partial charge < -0.3 is 20.0 Å². The van der Waals surface area contributed by atoms with Crippen LogP contribution in [0.15, 0.2) is 76.4 Å². The van der Waals surface area contributed by atoms with Gasteiger partial charge in [0.05, 0.1) is 22.3 Å². The summed E-state index contributed by atoms with van der Waals surface area (Å²) in [6.45, 7) is -0.483. The molecule has 0 bridgehead atoms. The molecule has 8 nitrogen and oxygen atoms in total. The van der Waals surface area contributed by atoms with Gasteiger partial charge in [0.1, 0.15) is 5.82 Å². The van der Waals surface area contributed by atoms with Crippen molar-refractivity contribution < 1.29 is 23.5 Å². The molecule has 1 heterocycles. The summed E-state index contributed by atoms with van der Waals surface area (Å²) in [7, 11) is 0. The van der Waals surface area contributed by atoms with Gasteiger partial charge >= 0.3 is 11.7 Å². The number of esters is 1. The van der Waals surface area contributed by atoms with Gasteiger partial charge in [-0.15, -0.1) is 11.8 Å². The largest absolute Gasteiger partial charge is 0.454 e. The van der Waals surface area contributed by atoms with Gasteiger partial charge in [0.15, 0.2) is 12.4 Å². The third kappa shape index (κ3) is 5.59. The Labute approximate surface area is 196 Å². The van der Waals surface area contributed by atoms with Crippen LogP contribution in [0.4, 0.5) is 10.1 Å². The Morgan fingerprint density at radius 1 is 0.941 bits per heavy atom. The number of benzene rings is 3. The summed E-state index contributed by atoms with van der Waals surface area (Å²) in [6, 6.07) is 16.6. The Morgan fingerprint density at radius 3 is 2.47 bits per heavy atom. The molecule has 3 aromatic carbocycles. The summed E-state index contributed by atoms with van der Waals surface area (Å²) < 4.78 is 18.2. The maximum absolute atomic E-state index is 13.0. The van der Waals surface area contributed by atoms with Crippen molar-refractivity contribution in [3.63, 3.8) is 0 Å². The Balaban J connectivity index is 1.35. The second kappa shape index (κ2) is 10.2. The Kier molecular flexibility index (Phi) is 6.88. The van der Waals surface area contributed by atoms with Crippen molar-refractivity contribution in [3.8, 4) is 0 Å². The number of hydrogen-bond acceptors (Lipinski definition) is 6. The van der Waals surface area contributed by atoms with Crippen LogP contribution in [0.3, 0.4) is 0 Å². The van der Waals surface area contributed by atoms with E-state index >= 15 is 0 Å². The molecule has 0 unspecified atom stereocenters. The van der Waals surface area contributed by atoms with Gasteiger partial charge in [0.2, 0.25) is 5.91 Å². The van der Waals surface area contributed by atoms with Crippen LogP contribution in [0.1, 0.15) is 20.7 Å². The number of H-pyrrole nitrogens is 2. The number of ketones is 1. The lowest BCUT2D eigenvalue weighted by Gasteiger charge is -2.10. The zero-order valence-electron chi connectivity index (χ0n) is 17.6. The first-order chi connectivity index (χ1) is 16.4. The highest BCUT2D eigenvalue weighted by Crippen LogP contribution is 2.24. The first-order valence-corrected chi connectivity index (χ1v) is 11.1. The number of carbonyl (C=O) groups is 3. The fourth-order valence-corrected chi connectivity index (χ4v) is 3.97. The molecule has 10 heteroatoms. The van der Waals surface area contributed by atoms with E-state index in [-0.39, 0.29) is 28.5 Å². The Hall–Kier alpha value is -4.18. The number of rotatable bonds is 8. The van der Waals surface area contributed by atoms with Gasteiger partial charge in [-0.05, 0) is 54.6 Å². The summed E-state index contributed by atoms with van der Waals surface area (Å²) in [6.07, 6.45) is 0. The molecule has 4 aromatic rings. The van der Waals surface area contributed by atoms with E-state index in [0.29, 0.717) is 21.6 Å². The van der Waals surface area contributed by atoms with Crippen molar-refractivity contribution in [3.05, 3.63) is 94.2 Å². The number of thioether (sulfide) groups is 1. The number of aromatic amines is 2. The van der Waals surface area contributed by atoms with E-state index in [1.165, 1.54) is 36.4 Å². The van der Waals surface area contributed by atoms with Crippen LogP contribution in [0.25, 0.3) is 11.0 Å². The topological polar surface area (TPSA) is 121 Å². The summed E-state index contributed by atoms with van der Waals surface area (Å²) >= 11 is 1.13. The van der Waals surface area contributed by atoms with Crippen LogP contribution in [0.2, 0.25) is 0 Å². The SMILES string of the molecule is O=C(CSc1ccccc1C(=O)OCC(=O)c1ccc2[nH]c(=O)[nH]c2c1)Nc1ccc(F)cc1. The molecule has 0 saturated heterocycles. The zero-order chi connectivity index (χ0) is 24.1. The highest BCUT2D eigenvalue weighted by atomic mass is 32.2. The fraction of sp³-hybridized carbons (Fsp3) is 0.0833. The van der Waals surface area contributed by atoms with E-state index in [2.05, 4.69) is 15.3 Å². The number of carbonyl (C=O) groups excluding carboxylic acids is 3. The van der Waals surface area contributed by atoms with Crippen LogP contribution < -0.4 is 11.0 Å². The molecule has 0 aliphatic carbocycles. The number of amides is 1. The average Bonchev–Trinajstić information content (AvgIpc) is 3.22. The van der Waals surface area contributed by atoms with Crippen LogP contribution in [0.5, 0.6) is 0 Å². The molecule has 3 N–H and O–H groups in total. The molecule has 0 aliphatic heterocycles. The van der Waals surface area contributed by atoms with Crippen LogP contribution in [-0.2, 0) is 9.53 Å². The molecule has 0 radical (unpaired) electrons. The number of imidazole rings is 1. The molecule has 0 spiro atoms. The molecular weight excluding hydrogens is 461 g/mol. The van der Waals surface area contributed by atoms with E-state index in [1.54, 1.807) is 30.3 Å². The van der Waals surface area contributed by atoms with Gasteiger partial charge in [-0.25, -0.2) is 14.0 Å². The minimum Gasteiger partial charge on any atom is -0.454 e. The van der Waals surface area contributed by atoms with Crippen molar-refractivity contribution in [1.29, 1.82) is 0 Å². The lowest BCUT2D eigenvalue weighted by Crippen LogP contribution is -2.16. The molecule has 0 saturated carbocycles. The number of nitrogens with one attached hydrogen (secondary N) is 3. The number of ether oxygens (including phenoxy) is 1. The maximum Gasteiger partial charge on any atom is 0.339 e. The van der Waals surface area contributed by atoms with E-state index in [1.807, 2.05) is 0 Å². The molecule has 1 aromatic heterocycles. The molecule has 172 valence electrons. The number of fused-ring (bicyclic) bond motifs is 1. The summed E-state index contributed by atoms with van der Waals surface area (Å²) in [5.41, 5.74) is 1.62. The molecular formula is C24H18FN3O5S. The zero-order valence-corrected chi connectivity index (χ0v) is 18.4. The number of aromatic nitrogens is 2. The third-order valence-electron chi connectivity index (χ3n) is 4.77. The van der Waals surface area contributed by atoms with Crippen molar-refractivity contribution in [2.45, 2.75) is 4.90 Å². The predicted octanol–water partition coefficient (Wildman–Crippen LogP) is 3.77. The number of hydrogen-bond donors (Lipinski definition) is 3. The van der Waals surface area contributed by atoms with E-state index in [4.69, 9.17) is 4.74 Å². The van der Waals surface area contributed by atoms with Crippen molar-refractivity contribution in [2.75, 3.05) is 17.7 Å². The average molecular weight is 479 g/mol. The van der Waals surface area contributed by atoms with Gasteiger partial charge in [-0.3, -0.25) is 9.59 Å². The fourth-order valence-electron chi connectivity index (χ4n) is 3.13. The van der Waals surface area contributed by atoms with Gasteiger partial charge in [0.25, 0.3) is 0 Å². The molecule has 1 amide bonds. The standard InChI is InChI=1S/C24H18FN3O5S/c25-15-6-8-16(9-7-15)26-22(30)13-34-21-4-2-1-3-17(21)23(31)33-12-20(29)14-5-10-18-19(11-14)28-24(32)27-18/h1-11H,12-13H2,(H,26,30)(H2,27,28,32). The highest BCUT2D eigenvalue weighted by Gasteiger charge is 2.17. The monoisotopic (exact) mass is 479 g/mol.